The summed E-state index contributed by atoms with van der Waals surface area (Å²) in [5, 5.41) is 6.21. The van der Waals surface area contributed by atoms with Crippen molar-refractivity contribution in [1.82, 2.24) is 5.32 Å². The minimum absolute atomic E-state index is 0.0115. The lowest BCUT2D eigenvalue weighted by molar-refractivity contribution is -0.115. The number of thioether (sulfide) groups is 1. The molecule has 1 fully saturated rings. The SMILES string of the molecule is O=C(CN[C@@H]1CCCSC1)Nc1ccccc1Br. The molecule has 0 aliphatic carbocycles. The maximum atomic E-state index is 11.8. The van der Waals surface area contributed by atoms with Crippen molar-refractivity contribution in [2.24, 2.45) is 0 Å². The third kappa shape index (κ3) is 4.30. The summed E-state index contributed by atoms with van der Waals surface area (Å²) in [6.45, 7) is 0.382. The Morgan fingerprint density at radius 3 is 3.00 bits per heavy atom. The number of amides is 1. The molecular formula is C13H17BrN2OS. The quantitative estimate of drug-likeness (QED) is 0.892. The summed E-state index contributed by atoms with van der Waals surface area (Å²) in [7, 11) is 0. The topological polar surface area (TPSA) is 41.1 Å². The van der Waals surface area contributed by atoms with Crippen molar-refractivity contribution < 1.29 is 4.79 Å². The van der Waals surface area contributed by atoms with Gasteiger partial charge in [0.2, 0.25) is 5.91 Å². The molecule has 0 saturated carbocycles. The molecule has 5 heteroatoms. The monoisotopic (exact) mass is 328 g/mol. The van der Waals surface area contributed by atoms with E-state index < -0.39 is 0 Å². The van der Waals surface area contributed by atoms with Gasteiger partial charge in [0, 0.05) is 16.3 Å². The Morgan fingerprint density at radius 2 is 2.28 bits per heavy atom. The van der Waals surface area contributed by atoms with E-state index in [0.29, 0.717) is 12.6 Å². The second kappa shape index (κ2) is 7.16. The predicted molar refractivity (Wildman–Crippen MR) is 81.1 cm³/mol. The molecule has 1 atom stereocenters. The van der Waals surface area contributed by atoms with Crippen molar-refractivity contribution in [3.63, 3.8) is 0 Å². The summed E-state index contributed by atoms with van der Waals surface area (Å²) in [4.78, 5) is 11.8. The third-order valence-corrected chi connectivity index (χ3v) is 4.77. The normalized spacial score (nSPS) is 19.5. The van der Waals surface area contributed by atoms with Crippen molar-refractivity contribution in [3.05, 3.63) is 28.7 Å². The molecule has 1 saturated heterocycles. The van der Waals surface area contributed by atoms with Gasteiger partial charge in [0.25, 0.3) is 0 Å². The van der Waals surface area contributed by atoms with Crippen molar-refractivity contribution in [1.29, 1.82) is 0 Å². The number of para-hydroxylation sites is 1. The second-order valence-corrected chi connectivity index (χ2v) is 6.33. The predicted octanol–water partition coefficient (Wildman–Crippen LogP) is 2.87. The molecular weight excluding hydrogens is 312 g/mol. The van der Waals surface area contributed by atoms with E-state index in [1.54, 1.807) is 0 Å². The highest BCUT2D eigenvalue weighted by molar-refractivity contribution is 9.10. The highest BCUT2D eigenvalue weighted by Gasteiger charge is 2.14. The van der Waals surface area contributed by atoms with Crippen LogP contribution in [0.5, 0.6) is 0 Å². The summed E-state index contributed by atoms with van der Waals surface area (Å²) < 4.78 is 0.909. The zero-order valence-corrected chi connectivity index (χ0v) is 12.5. The molecule has 2 N–H and O–H groups in total. The minimum Gasteiger partial charge on any atom is -0.324 e. The fourth-order valence-electron chi connectivity index (χ4n) is 1.90. The molecule has 0 bridgehead atoms. The van der Waals surface area contributed by atoms with Crippen LogP contribution in [0.2, 0.25) is 0 Å². The standard InChI is InChI=1S/C13H17BrN2OS/c14-11-5-1-2-6-12(11)16-13(17)8-15-10-4-3-7-18-9-10/h1-2,5-6,10,15H,3-4,7-9H2,(H,16,17)/t10-/m1/s1. The molecule has 0 spiro atoms. The van der Waals surface area contributed by atoms with Crippen LogP contribution in [0.15, 0.2) is 28.7 Å². The first-order valence-corrected chi connectivity index (χ1v) is 8.06. The minimum atomic E-state index is 0.0115. The molecule has 1 heterocycles. The number of benzene rings is 1. The van der Waals surface area contributed by atoms with Crippen LogP contribution < -0.4 is 10.6 Å². The summed E-state index contributed by atoms with van der Waals surface area (Å²) in [6.07, 6.45) is 2.42. The number of anilines is 1. The summed E-state index contributed by atoms with van der Waals surface area (Å²) in [5.74, 6) is 2.38. The van der Waals surface area contributed by atoms with Gasteiger partial charge in [-0.3, -0.25) is 4.79 Å². The van der Waals surface area contributed by atoms with Crippen LogP contribution in [0.3, 0.4) is 0 Å². The number of carbonyl (C=O) groups excluding carboxylic acids is 1. The lowest BCUT2D eigenvalue weighted by Crippen LogP contribution is -2.39. The second-order valence-electron chi connectivity index (χ2n) is 4.32. The maximum Gasteiger partial charge on any atom is 0.238 e. The van der Waals surface area contributed by atoms with E-state index >= 15 is 0 Å². The molecule has 1 aliphatic rings. The first-order valence-electron chi connectivity index (χ1n) is 6.11. The van der Waals surface area contributed by atoms with Gasteiger partial charge in [-0.25, -0.2) is 0 Å². The Labute approximate surface area is 120 Å². The lowest BCUT2D eigenvalue weighted by atomic mass is 10.2. The summed E-state index contributed by atoms with van der Waals surface area (Å²) in [6, 6.07) is 8.12. The van der Waals surface area contributed by atoms with Gasteiger partial charge in [0.05, 0.1) is 12.2 Å². The Balaban J connectivity index is 1.76. The summed E-state index contributed by atoms with van der Waals surface area (Å²) in [5.41, 5.74) is 0.822. The number of halogens is 1. The van der Waals surface area contributed by atoms with Crippen molar-refractivity contribution in [2.75, 3.05) is 23.4 Å². The Hall–Kier alpha value is -0.520. The average molecular weight is 329 g/mol. The smallest absolute Gasteiger partial charge is 0.238 e. The molecule has 0 aromatic heterocycles. The molecule has 0 radical (unpaired) electrons. The first kappa shape index (κ1) is 13.9. The molecule has 2 rings (SSSR count). The van der Waals surface area contributed by atoms with E-state index in [-0.39, 0.29) is 5.91 Å². The van der Waals surface area contributed by atoms with Gasteiger partial charge in [0.1, 0.15) is 0 Å². The van der Waals surface area contributed by atoms with Crippen molar-refractivity contribution in [3.8, 4) is 0 Å². The van der Waals surface area contributed by atoms with Crippen molar-refractivity contribution >= 4 is 39.3 Å². The molecule has 1 aromatic rings. The van der Waals surface area contributed by atoms with E-state index in [1.165, 1.54) is 18.6 Å². The van der Waals surface area contributed by atoms with Crippen LogP contribution >= 0.6 is 27.7 Å². The van der Waals surface area contributed by atoms with Gasteiger partial charge >= 0.3 is 0 Å². The molecule has 1 aliphatic heterocycles. The Bertz CT molecular complexity index is 408. The van der Waals surface area contributed by atoms with Crippen LogP contribution in [-0.2, 0) is 4.79 Å². The number of hydrogen-bond acceptors (Lipinski definition) is 3. The highest BCUT2D eigenvalue weighted by Crippen LogP contribution is 2.21. The number of nitrogens with one attached hydrogen (secondary N) is 2. The van der Waals surface area contributed by atoms with Crippen LogP contribution in [0.25, 0.3) is 0 Å². The molecule has 18 heavy (non-hydrogen) atoms. The fraction of sp³-hybridized carbons (Fsp3) is 0.462. The van der Waals surface area contributed by atoms with Crippen LogP contribution in [0, 0.1) is 0 Å². The van der Waals surface area contributed by atoms with E-state index in [1.807, 2.05) is 36.0 Å². The lowest BCUT2D eigenvalue weighted by Gasteiger charge is -2.22. The Morgan fingerprint density at radius 1 is 1.44 bits per heavy atom. The van der Waals surface area contributed by atoms with E-state index in [9.17, 15) is 4.79 Å². The molecule has 1 aromatic carbocycles. The van der Waals surface area contributed by atoms with Gasteiger partial charge < -0.3 is 10.6 Å². The average Bonchev–Trinajstić information content (AvgIpc) is 2.40. The molecule has 0 unspecified atom stereocenters. The van der Waals surface area contributed by atoms with Gasteiger partial charge in [-0.15, -0.1) is 0 Å². The zero-order chi connectivity index (χ0) is 12.8. The third-order valence-electron chi connectivity index (χ3n) is 2.86. The van der Waals surface area contributed by atoms with E-state index in [0.717, 1.165) is 15.9 Å². The number of hydrogen-bond donors (Lipinski definition) is 2. The van der Waals surface area contributed by atoms with E-state index in [2.05, 4.69) is 26.6 Å². The molecule has 98 valence electrons. The van der Waals surface area contributed by atoms with Crippen LogP contribution in [0.4, 0.5) is 5.69 Å². The van der Waals surface area contributed by atoms with Crippen molar-refractivity contribution in [2.45, 2.75) is 18.9 Å². The van der Waals surface area contributed by atoms with Gasteiger partial charge in [-0.2, -0.15) is 11.8 Å². The van der Waals surface area contributed by atoms with Gasteiger partial charge in [-0.05, 0) is 46.7 Å². The van der Waals surface area contributed by atoms with Crippen LogP contribution in [0.1, 0.15) is 12.8 Å². The van der Waals surface area contributed by atoms with Crippen LogP contribution in [-0.4, -0.2) is 30.0 Å². The zero-order valence-electron chi connectivity index (χ0n) is 10.1. The number of carbonyl (C=O) groups is 1. The fourth-order valence-corrected chi connectivity index (χ4v) is 3.39. The Kier molecular flexibility index (Phi) is 5.53. The largest absolute Gasteiger partial charge is 0.324 e. The highest BCUT2D eigenvalue weighted by atomic mass is 79.9. The van der Waals surface area contributed by atoms with E-state index in [4.69, 9.17) is 0 Å². The molecule has 3 nitrogen and oxygen atoms in total. The molecule has 1 amide bonds. The maximum absolute atomic E-state index is 11.8. The van der Waals surface area contributed by atoms with Gasteiger partial charge in [-0.1, -0.05) is 12.1 Å². The van der Waals surface area contributed by atoms with Gasteiger partial charge in [0.15, 0.2) is 0 Å². The first-order chi connectivity index (χ1) is 8.75. The number of rotatable bonds is 4. The summed E-state index contributed by atoms with van der Waals surface area (Å²) >= 11 is 5.37.